The number of nitrogens with zero attached hydrogens (tertiary/aromatic N) is 2. The second-order valence-electron chi connectivity index (χ2n) is 5.43. The van der Waals surface area contributed by atoms with Gasteiger partial charge in [0, 0.05) is 32.7 Å². The van der Waals surface area contributed by atoms with Crippen LogP contribution in [-0.4, -0.2) is 31.7 Å². The van der Waals surface area contributed by atoms with Crippen molar-refractivity contribution in [3.8, 4) is 11.4 Å². The number of aromatic nitrogens is 4. The van der Waals surface area contributed by atoms with Gasteiger partial charge in [-0.05, 0) is 18.2 Å². The van der Waals surface area contributed by atoms with Gasteiger partial charge in [0.1, 0.15) is 0 Å². The average Bonchev–Trinajstić information content (AvgIpc) is 3.27. The fourth-order valence-corrected chi connectivity index (χ4v) is 3.50. The number of benzene rings is 2. The predicted octanol–water partition coefficient (Wildman–Crippen LogP) is 4.69. The number of rotatable bonds is 5. The van der Waals surface area contributed by atoms with Gasteiger partial charge in [0.25, 0.3) is 0 Å². The van der Waals surface area contributed by atoms with E-state index in [-0.39, 0.29) is 5.78 Å². The second-order valence-corrected chi connectivity index (χ2v) is 7.29. The highest BCUT2D eigenvalue weighted by molar-refractivity contribution is 9.10. The molecule has 4 aromatic rings. The van der Waals surface area contributed by atoms with Crippen LogP contribution in [0.25, 0.3) is 22.3 Å². The number of nitrogens with one attached hydrogen (secondary N) is 2. The van der Waals surface area contributed by atoms with Gasteiger partial charge in [0.05, 0.1) is 5.75 Å². The highest BCUT2D eigenvalue weighted by Crippen LogP contribution is 2.23. The van der Waals surface area contributed by atoms with E-state index < -0.39 is 0 Å². The Bertz CT molecular complexity index is 1040. The number of para-hydroxylation sites is 1. The minimum Gasteiger partial charge on any atom is -0.360 e. The molecule has 0 aliphatic carbocycles. The third-order valence-electron chi connectivity index (χ3n) is 3.80. The molecule has 4 rings (SSSR count). The van der Waals surface area contributed by atoms with E-state index in [1.807, 2.05) is 48.5 Å². The fourth-order valence-electron chi connectivity index (χ4n) is 2.56. The summed E-state index contributed by atoms with van der Waals surface area (Å²) >= 11 is 4.74. The molecule has 2 aromatic carbocycles. The summed E-state index contributed by atoms with van der Waals surface area (Å²) in [5.41, 5.74) is 2.61. The Morgan fingerprint density at radius 2 is 1.92 bits per heavy atom. The van der Waals surface area contributed by atoms with Crippen molar-refractivity contribution >= 4 is 44.4 Å². The lowest BCUT2D eigenvalue weighted by Crippen LogP contribution is -2.01. The number of aromatic amines is 2. The van der Waals surface area contributed by atoms with E-state index in [0.29, 0.717) is 22.3 Å². The first-order chi connectivity index (χ1) is 12.2. The van der Waals surface area contributed by atoms with Gasteiger partial charge in [-0.3, -0.25) is 9.89 Å². The second kappa shape index (κ2) is 6.85. The largest absolute Gasteiger partial charge is 0.360 e. The first-order valence-electron chi connectivity index (χ1n) is 7.61. The lowest BCUT2D eigenvalue weighted by molar-refractivity contribution is 0.102. The molecular weight excluding hydrogens is 400 g/mol. The average molecular weight is 413 g/mol. The molecule has 0 aliphatic heterocycles. The minimum atomic E-state index is 0.0532. The molecule has 0 atom stereocenters. The zero-order valence-corrected chi connectivity index (χ0v) is 15.4. The third-order valence-corrected chi connectivity index (χ3v) is 5.18. The molecule has 2 aromatic heterocycles. The number of H-pyrrole nitrogens is 2. The number of Topliss-reactive ketones (excluding diaryl/α,β-unsaturated/α-hetero) is 1. The highest BCUT2D eigenvalue weighted by atomic mass is 79.9. The zero-order chi connectivity index (χ0) is 17.2. The summed E-state index contributed by atoms with van der Waals surface area (Å²) < 4.78 is 1.01. The monoisotopic (exact) mass is 412 g/mol. The van der Waals surface area contributed by atoms with Crippen LogP contribution < -0.4 is 0 Å². The van der Waals surface area contributed by atoms with E-state index in [1.54, 1.807) is 6.20 Å². The Morgan fingerprint density at radius 1 is 1.12 bits per heavy atom. The Labute approximate surface area is 156 Å². The van der Waals surface area contributed by atoms with Crippen molar-refractivity contribution in [2.45, 2.75) is 5.16 Å². The van der Waals surface area contributed by atoms with Crippen LogP contribution in [-0.2, 0) is 0 Å². The molecule has 0 bridgehead atoms. The summed E-state index contributed by atoms with van der Waals surface area (Å²) in [5, 5.41) is 8.61. The number of halogens is 1. The van der Waals surface area contributed by atoms with Gasteiger partial charge < -0.3 is 4.98 Å². The van der Waals surface area contributed by atoms with E-state index in [9.17, 15) is 4.79 Å². The SMILES string of the molecule is O=C(CSc1n[nH]c(-c2ccc(Br)cc2)n1)c1c[nH]c2ccccc12. The number of hydrogen-bond acceptors (Lipinski definition) is 4. The molecule has 0 amide bonds. The van der Waals surface area contributed by atoms with Crippen molar-refractivity contribution in [1.29, 1.82) is 0 Å². The van der Waals surface area contributed by atoms with Gasteiger partial charge in [-0.1, -0.05) is 58.0 Å². The molecule has 124 valence electrons. The van der Waals surface area contributed by atoms with E-state index in [0.717, 1.165) is 20.9 Å². The van der Waals surface area contributed by atoms with Crippen LogP contribution in [0.2, 0.25) is 0 Å². The number of carbonyl (C=O) groups excluding carboxylic acids is 1. The number of thioether (sulfide) groups is 1. The molecule has 0 fully saturated rings. The Balaban J connectivity index is 1.46. The van der Waals surface area contributed by atoms with E-state index in [2.05, 4.69) is 36.1 Å². The summed E-state index contributed by atoms with van der Waals surface area (Å²) in [6, 6.07) is 15.6. The standard InChI is InChI=1S/C18H13BrN4OS/c19-12-7-5-11(6-8-12)17-21-18(23-22-17)25-10-16(24)14-9-20-15-4-2-1-3-13(14)15/h1-9,20H,10H2,(H,21,22,23). The molecule has 0 saturated heterocycles. The smallest absolute Gasteiger partial charge is 0.209 e. The molecule has 25 heavy (non-hydrogen) atoms. The Hall–Kier alpha value is -2.38. The maximum atomic E-state index is 12.5. The summed E-state index contributed by atoms with van der Waals surface area (Å²) in [6.45, 7) is 0. The molecule has 0 aliphatic rings. The van der Waals surface area contributed by atoms with Crippen molar-refractivity contribution in [2.75, 3.05) is 5.75 Å². The molecule has 0 unspecified atom stereocenters. The highest BCUT2D eigenvalue weighted by Gasteiger charge is 2.14. The number of hydrogen-bond donors (Lipinski definition) is 2. The molecule has 7 heteroatoms. The van der Waals surface area contributed by atoms with Gasteiger partial charge in [-0.15, -0.1) is 5.10 Å². The van der Waals surface area contributed by atoms with Crippen molar-refractivity contribution in [3.63, 3.8) is 0 Å². The van der Waals surface area contributed by atoms with Crippen molar-refractivity contribution in [3.05, 3.63) is 64.8 Å². The van der Waals surface area contributed by atoms with Crippen LogP contribution in [0.5, 0.6) is 0 Å². The third kappa shape index (κ3) is 3.38. The molecule has 0 radical (unpaired) electrons. The normalized spacial score (nSPS) is 11.1. The first kappa shape index (κ1) is 16.1. The lowest BCUT2D eigenvalue weighted by Gasteiger charge is -1.97. The van der Waals surface area contributed by atoms with Crippen LogP contribution in [0, 0.1) is 0 Å². The zero-order valence-electron chi connectivity index (χ0n) is 13.0. The molecule has 0 saturated carbocycles. The van der Waals surface area contributed by atoms with Crippen LogP contribution in [0.3, 0.4) is 0 Å². The fraction of sp³-hybridized carbons (Fsp3) is 0.0556. The van der Waals surface area contributed by atoms with Gasteiger partial charge >= 0.3 is 0 Å². The minimum absolute atomic E-state index is 0.0532. The van der Waals surface area contributed by atoms with E-state index in [1.165, 1.54) is 11.8 Å². The maximum absolute atomic E-state index is 12.5. The maximum Gasteiger partial charge on any atom is 0.209 e. The Kier molecular flexibility index (Phi) is 4.42. The van der Waals surface area contributed by atoms with Crippen molar-refractivity contribution in [2.24, 2.45) is 0 Å². The Morgan fingerprint density at radius 3 is 2.76 bits per heavy atom. The summed E-state index contributed by atoms with van der Waals surface area (Å²) in [7, 11) is 0. The molecule has 2 heterocycles. The lowest BCUT2D eigenvalue weighted by atomic mass is 10.1. The molecule has 2 N–H and O–H groups in total. The number of carbonyl (C=O) groups is 1. The quantitative estimate of drug-likeness (QED) is 0.368. The van der Waals surface area contributed by atoms with Crippen LogP contribution in [0.1, 0.15) is 10.4 Å². The van der Waals surface area contributed by atoms with Crippen LogP contribution in [0.15, 0.2) is 64.4 Å². The predicted molar refractivity (Wildman–Crippen MR) is 103 cm³/mol. The van der Waals surface area contributed by atoms with Gasteiger partial charge in [0.15, 0.2) is 11.6 Å². The van der Waals surface area contributed by atoms with E-state index in [4.69, 9.17) is 0 Å². The van der Waals surface area contributed by atoms with Gasteiger partial charge in [-0.2, -0.15) is 0 Å². The van der Waals surface area contributed by atoms with Crippen LogP contribution in [0.4, 0.5) is 0 Å². The molecule has 5 nitrogen and oxygen atoms in total. The van der Waals surface area contributed by atoms with Crippen LogP contribution >= 0.6 is 27.7 Å². The van der Waals surface area contributed by atoms with Gasteiger partial charge in [0.2, 0.25) is 5.16 Å². The van der Waals surface area contributed by atoms with Crippen molar-refractivity contribution in [1.82, 2.24) is 20.2 Å². The molecule has 0 spiro atoms. The van der Waals surface area contributed by atoms with Gasteiger partial charge in [-0.25, -0.2) is 4.98 Å². The van der Waals surface area contributed by atoms with Crippen molar-refractivity contribution < 1.29 is 4.79 Å². The number of ketones is 1. The summed E-state index contributed by atoms with van der Waals surface area (Å²) in [5.74, 6) is 1.03. The topological polar surface area (TPSA) is 74.4 Å². The number of fused-ring (bicyclic) bond motifs is 1. The summed E-state index contributed by atoms with van der Waals surface area (Å²) in [4.78, 5) is 20.1. The summed E-state index contributed by atoms with van der Waals surface area (Å²) in [6.07, 6.45) is 1.76. The first-order valence-corrected chi connectivity index (χ1v) is 9.39. The molecular formula is C18H13BrN4OS. The van der Waals surface area contributed by atoms with E-state index >= 15 is 0 Å².